The Morgan fingerprint density at radius 1 is 1.17 bits per heavy atom. The van der Waals surface area contributed by atoms with Gasteiger partial charge in [-0.2, -0.15) is 0 Å². The van der Waals surface area contributed by atoms with E-state index in [2.05, 4.69) is 0 Å². The number of anilines is 1. The molecular weight excluding hydrogens is 379 g/mol. The summed E-state index contributed by atoms with van der Waals surface area (Å²) in [5.74, 6) is -1.33. The molecule has 7 nitrogen and oxygen atoms in total. The molecule has 0 aliphatic carbocycles. The van der Waals surface area contributed by atoms with Crippen LogP contribution in [0.15, 0.2) is 36.4 Å². The van der Waals surface area contributed by atoms with Crippen LogP contribution >= 0.6 is 0 Å². The van der Waals surface area contributed by atoms with E-state index in [1.807, 2.05) is 4.90 Å². The number of nitro benzene ring substituents is 1. The lowest BCUT2D eigenvalue weighted by Crippen LogP contribution is -2.36. The third-order valence-corrected chi connectivity index (χ3v) is 5.23. The predicted molar refractivity (Wildman–Crippen MR) is 105 cm³/mol. The highest BCUT2D eigenvalue weighted by Gasteiger charge is 2.29. The number of hydrogen-bond donors (Lipinski definition) is 0. The average molecular weight is 400 g/mol. The molecule has 0 saturated carbocycles. The minimum Gasteiger partial charge on any atom is -0.465 e. The van der Waals surface area contributed by atoms with E-state index in [0.717, 1.165) is 0 Å². The lowest BCUT2D eigenvalue weighted by molar-refractivity contribution is -0.385. The number of rotatable bonds is 5. The summed E-state index contributed by atoms with van der Waals surface area (Å²) in [5, 5.41) is 11.3. The van der Waals surface area contributed by atoms with Gasteiger partial charge in [0.1, 0.15) is 11.4 Å². The second-order valence-corrected chi connectivity index (χ2v) is 7.04. The fraction of sp³-hybridized carbons (Fsp3) is 0.333. The molecule has 0 unspecified atom stereocenters. The van der Waals surface area contributed by atoms with E-state index in [-0.39, 0.29) is 28.8 Å². The highest BCUT2D eigenvalue weighted by atomic mass is 19.1. The van der Waals surface area contributed by atoms with Crippen molar-refractivity contribution in [3.63, 3.8) is 0 Å². The number of esters is 1. The lowest BCUT2D eigenvalue weighted by Gasteiger charge is -2.33. The van der Waals surface area contributed by atoms with Crippen LogP contribution in [0.25, 0.3) is 0 Å². The number of halogens is 1. The molecule has 1 aliphatic heterocycles. The van der Waals surface area contributed by atoms with E-state index in [9.17, 15) is 24.1 Å². The van der Waals surface area contributed by atoms with Gasteiger partial charge in [-0.05, 0) is 56.2 Å². The molecule has 1 fully saturated rings. The molecule has 0 spiro atoms. The molecule has 0 amide bonds. The zero-order valence-corrected chi connectivity index (χ0v) is 16.2. The molecule has 0 radical (unpaired) electrons. The minimum absolute atomic E-state index is 0.0141. The van der Waals surface area contributed by atoms with Crippen LogP contribution in [0.5, 0.6) is 0 Å². The van der Waals surface area contributed by atoms with Gasteiger partial charge in [0.2, 0.25) is 0 Å². The first-order valence-electron chi connectivity index (χ1n) is 9.24. The zero-order chi connectivity index (χ0) is 21.1. The summed E-state index contributed by atoms with van der Waals surface area (Å²) in [6.45, 7) is 2.71. The number of Topliss-reactive ketones (excluding diaryl/α,β-unsaturated/α-hetero) is 1. The molecule has 3 rings (SSSR count). The molecule has 0 bridgehead atoms. The number of ketones is 1. The Morgan fingerprint density at radius 3 is 2.34 bits per heavy atom. The summed E-state index contributed by atoms with van der Waals surface area (Å²) in [5.41, 5.74) is 1.20. The molecule has 0 N–H and O–H groups in total. The van der Waals surface area contributed by atoms with E-state index >= 15 is 0 Å². The summed E-state index contributed by atoms with van der Waals surface area (Å²) in [7, 11) is 1.18. The third-order valence-electron chi connectivity index (χ3n) is 5.23. The van der Waals surface area contributed by atoms with Crippen LogP contribution in [0, 0.1) is 28.8 Å². The average Bonchev–Trinajstić information content (AvgIpc) is 2.72. The molecule has 8 heteroatoms. The Kier molecular flexibility index (Phi) is 5.91. The number of piperidine rings is 1. The van der Waals surface area contributed by atoms with Crippen LogP contribution in [0.2, 0.25) is 0 Å². The van der Waals surface area contributed by atoms with Gasteiger partial charge in [0.25, 0.3) is 5.69 Å². The molecule has 2 aromatic rings. The van der Waals surface area contributed by atoms with Gasteiger partial charge >= 0.3 is 5.97 Å². The number of ether oxygens (including phenoxy) is 1. The highest BCUT2D eigenvalue weighted by molar-refractivity contribution is 5.98. The maximum Gasteiger partial charge on any atom is 0.344 e. The van der Waals surface area contributed by atoms with Gasteiger partial charge in [-0.15, -0.1) is 0 Å². The monoisotopic (exact) mass is 400 g/mol. The quantitative estimate of drug-likeness (QED) is 0.327. The first-order chi connectivity index (χ1) is 13.8. The van der Waals surface area contributed by atoms with Crippen molar-refractivity contribution >= 4 is 23.1 Å². The van der Waals surface area contributed by atoms with Gasteiger partial charge in [0, 0.05) is 35.8 Å². The van der Waals surface area contributed by atoms with E-state index < -0.39 is 10.9 Å². The van der Waals surface area contributed by atoms with Crippen LogP contribution in [0.4, 0.5) is 15.8 Å². The van der Waals surface area contributed by atoms with Gasteiger partial charge in [-0.1, -0.05) is 0 Å². The molecule has 152 valence electrons. The minimum atomic E-state index is -0.761. The molecule has 0 aromatic heterocycles. The van der Waals surface area contributed by atoms with Gasteiger partial charge in [0.05, 0.1) is 12.0 Å². The Labute approximate surface area is 167 Å². The van der Waals surface area contributed by atoms with Crippen molar-refractivity contribution in [2.24, 2.45) is 5.92 Å². The zero-order valence-electron chi connectivity index (χ0n) is 16.2. The highest BCUT2D eigenvalue weighted by Crippen LogP contribution is 2.32. The topological polar surface area (TPSA) is 89.8 Å². The maximum atomic E-state index is 13.1. The number of aryl methyl sites for hydroxylation is 1. The largest absolute Gasteiger partial charge is 0.465 e. The Bertz CT molecular complexity index is 950. The summed E-state index contributed by atoms with van der Waals surface area (Å²) in [4.78, 5) is 37.4. The summed E-state index contributed by atoms with van der Waals surface area (Å²) in [6.07, 6.45) is 1.19. The molecule has 1 heterocycles. The number of nitro groups is 1. The van der Waals surface area contributed by atoms with Crippen LogP contribution in [-0.4, -0.2) is 36.9 Å². The summed E-state index contributed by atoms with van der Waals surface area (Å²) in [6, 6.07) is 8.68. The van der Waals surface area contributed by atoms with Crippen LogP contribution < -0.4 is 4.90 Å². The van der Waals surface area contributed by atoms with Crippen molar-refractivity contribution in [3.05, 3.63) is 69.0 Å². The van der Waals surface area contributed by atoms with Gasteiger partial charge in [-0.3, -0.25) is 14.9 Å². The van der Waals surface area contributed by atoms with Crippen molar-refractivity contribution in [1.29, 1.82) is 0 Å². The summed E-state index contributed by atoms with van der Waals surface area (Å²) >= 11 is 0. The SMILES string of the molecule is COC(=O)c1cc(N2CCC(C(=O)c3ccc(F)cc3)CC2)cc(C)c1[N+](=O)[O-]. The molecular formula is C21H21FN2O5. The third kappa shape index (κ3) is 4.26. The number of carbonyl (C=O) groups excluding carboxylic acids is 2. The lowest BCUT2D eigenvalue weighted by atomic mass is 9.88. The standard InChI is InChI=1S/C21H21FN2O5/c1-13-11-17(12-18(21(26)29-2)19(13)24(27)28)23-9-7-15(8-10-23)20(25)14-3-5-16(22)6-4-14/h3-6,11-12,15H,7-10H2,1-2H3. The number of nitrogens with zero attached hydrogens (tertiary/aromatic N) is 2. The van der Waals surface area contributed by atoms with Gasteiger partial charge in [-0.25, -0.2) is 9.18 Å². The molecule has 0 atom stereocenters. The Morgan fingerprint density at radius 2 is 1.79 bits per heavy atom. The smallest absolute Gasteiger partial charge is 0.344 e. The fourth-order valence-corrected chi connectivity index (χ4v) is 3.70. The van der Waals surface area contributed by atoms with Crippen LogP contribution in [0.1, 0.15) is 39.1 Å². The molecule has 29 heavy (non-hydrogen) atoms. The Hall–Kier alpha value is -3.29. The van der Waals surface area contributed by atoms with Gasteiger partial charge in [0.15, 0.2) is 5.78 Å². The number of hydrogen-bond acceptors (Lipinski definition) is 6. The first kappa shape index (κ1) is 20.4. The second-order valence-electron chi connectivity index (χ2n) is 7.04. The van der Waals surface area contributed by atoms with Crippen LogP contribution in [-0.2, 0) is 4.74 Å². The fourth-order valence-electron chi connectivity index (χ4n) is 3.70. The Balaban J connectivity index is 1.77. The predicted octanol–water partition coefficient (Wildman–Crippen LogP) is 3.93. The number of methoxy groups -OCH3 is 1. The molecule has 2 aromatic carbocycles. The van der Waals surface area contributed by atoms with E-state index in [0.29, 0.717) is 42.7 Å². The summed E-state index contributed by atoms with van der Waals surface area (Å²) < 4.78 is 17.8. The normalized spacial score (nSPS) is 14.5. The van der Waals surface area contributed by atoms with Crippen molar-refractivity contribution < 1.29 is 23.6 Å². The molecule has 1 aliphatic rings. The van der Waals surface area contributed by atoms with E-state index in [1.165, 1.54) is 37.4 Å². The van der Waals surface area contributed by atoms with Crippen LogP contribution in [0.3, 0.4) is 0 Å². The maximum absolute atomic E-state index is 13.1. The number of carbonyl (C=O) groups is 2. The van der Waals surface area contributed by atoms with Crippen molar-refractivity contribution in [2.45, 2.75) is 19.8 Å². The van der Waals surface area contributed by atoms with Crippen molar-refractivity contribution in [2.75, 3.05) is 25.1 Å². The van der Waals surface area contributed by atoms with Crippen molar-refractivity contribution in [3.8, 4) is 0 Å². The van der Waals surface area contributed by atoms with Gasteiger partial charge < -0.3 is 9.64 Å². The first-order valence-corrected chi connectivity index (χ1v) is 9.24. The molecule has 1 saturated heterocycles. The second kappa shape index (κ2) is 8.38. The van der Waals surface area contributed by atoms with E-state index in [4.69, 9.17) is 4.74 Å². The van der Waals surface area contributed by atoms with E-state index in [1.54, 1.807) is 13.0 Å². The van der Waals surface area contributed by atoms with Crippen molar-refractivity contribution in [1.82, 2.24) is 0 Å². The number of benzene rings is 2.